The number of halogens is 1. The number of hydrogen-bond acceptors (Lipinski definition) is 4. The molecule has 27 heavy (non-hydrogen) atoms. The van der Waals surface area contributed by atoms with Gasteiger partial charge in [0.25, 0.3) is 0 Å². The van der Waals surface area contributed by atoms with E-state index in [4.69, 9.17) is 16.3 Å². The van der Waals surface area contributed by atoms with Gasteiger partial charge in [-0.3, -0.25) is 0 Å². The number of esters is 1. The average molecular weight is 378 g/mol. The molecule has 4 aromatic rings. The molecule has 2 aromatic heterocycles. The summed E-state index contributed by atoms with van der Waals surface area (Å²) in [4.78, 5) is 16.8. The molecule has 0 N–H and O–H groups in total. The molecular formula is C21H16ClN3O2. The van der Waals surface area contributed by atoms with Gasteiger partial charge in [0.2, 0.25) is 0 Å². The predicted molar refractivity (Wildman–Crippen MR) is 104 cm³/mol. The Morgan fingerprint density at radius 3 is 2.59 bits per heavy atom. The van der Waals surface area contributed by atoms with Crippen LogP contribution >= 0.6 is 11.6 Å². The number of carbonyl (C=O) groups is 1. The summed E-state index contributed by atoms with van der Waals surface area (Å²) in [5.41, 5.74) is 3.24. The summed E-state index contributed by atoms with van der Waals surface area (Å²) in [6.45, 7) is 1.87. The van der Waals surface area contributed by atoms with Crippen LogP contribution in [0, 0.1) is 6.92 Å². The van der Waals surface area contributed by atoms with E-state index in [1.807, 2.05) is 67.6 Å². The number of para-hydroxylation sites is 2. The first-order valence-corrected chi connectivity index (χ1v) is 8.83. The van der Waals surface area contributed by atoms with E-state index in [0.717, 1.165) is 16.6 Å². The molecule has 2 aromatic carbocycles. The second-order valence-electron chi connectivity index (χ2n) is 6.07. The molecule has 0 saturated carbocycles. The zero-order valence-corrected chi connectivity index (χ0v) is 15.3. The number of aromatic nitrogens is 3. The van der Waals surface area contributed by atoms with Crippen molar-refractivity contribution in [2.45, 2.75) is 13.5 Å². The Balaban J connectivity index is 1.54. The molecule has 0 amide bonds. The third kappa shape index (κ3) is 3.41. The fourth-order valence-electron chi connectivity index (χ4n) is 2.83. The van der Waals surface area contributed by atoms with Crippen LogP contribution in [0.1, 0.15) is 21.7 Å². The van der Waals surface area contributed by atoms with Crippen molar-refractivity contribution in [2.24, 2.45) is 0 Å². The van der Waals surface area contributed by atoms with Crippen LogP contribution < -0.4 is 0 Å². The summed E-state index contributed by atoms with van der Waals surface area (Å²) in [6.07, 6.45) is 0. The Kier molecular flexibility index (Phi) is 4.60. The highest BCUT2D eigenvalue weighted by Crippen LogP contribution is 2.24. The molecule has 0 saturated heterocycles. The van der Waals surface area contributed by atoms with E-state index >= 15 is 0 Å². The molecule has 134 valence electrons. The molecule has 0 fully saturated rings. The highest BCUT2D eigenvalue weighted by atomic mass is 35.5. The fourth-order valence-corrected chi connectivity index (χ4v) is 3.15. The third-order valence-corrected chi connectivity index (χ3v) is 4.67. The Morgan fingerprint density at radius 1 is 1.04 bits per heavy atom. The topological polar surface area (TPSA) is 57.0 Å². The molecule has 0 spiro atoms. The van der Waals surface area contributed by atoms with E-state index in [1.54, 1.807) is 10.7 Å². The minimum absolute atomic E-state index is 0.0326. The summed E-state index contributed by atoms with van der Waals surface area (Å²) >= 11 is 6.47. The van der Waals surface area contributed by atoms with Gasteiger partial charge in [0.15, 0.2) is 0 Å². The molecule has 0 aliphatic carbocycles. The number of ether oxygens (including phenoxy) is 1. The largest absolute Gasteiger partial charge is 0.456 e. The van der Waals surface area contributed by atoms with Crippen LogP contribution in [0.3, 0.4) is 0 Å². The summed E-state index contributed by atoms with van der Waals surface area (Å²) in [5, 5.41) is 5.85. The molecule has 6 heteroatoms. The van der Waals surface area contributed by atoms with Crippen molar-refractivity contribution in [1.29, 1.82) is 0 Å². The number of aryl methyl sites for hydroxylation is 1. The zero-order valence-electron chi connectivity index (χ0n) is 14.6. The van der Waals surface area contributed by atoms with Crippen molar-refractivity contribution in [3.63, 3.8) is 0 Å². The molecule has 4 rings (SSSR count). The molecular weight excluding hydrogens is 362 g/mol. The number of nitrogens with zero attached hydrogens (tertiary/aromatic N) is 3. The van der Waals surface area contributed by atoms with E-state index in [1.165, 1.54) is 0 Å². The highest BCUT2D eigenvalue weighted by Gasteiger charge is 2.17. The number of rotatable bonds is 4. The number of fused-ring (bicyclic) bond motifs is 1. The monoisotopic (exact) mass is 377 g/mol. The molecule has 0 radical (unpaired) electrons. The van der Waals surface area contributed by atoms with Crippen LogP contribution in [0.15, 0.2) is 66.7 Å². The first-order valence-electron chi connectivity index (χ1n) is 8.46. The van der Waals surface area contributed by atoms with Gasteiger partial charge >= 0.3 is 5.97 Å². The molecule has 0 bridgehead atoms. The maximum Gasteiger partial charge on any atom is 0.357 e. The summed E-state index contributed by atoms with van der Waals surface area (Å²) in [7, 11) is 0. The van der Waals surface area contributed by atoms with E-state index in [9.17, 15) is 4.79 Å². The van der Waals surface area contributed by atoms with Crippen molar-refractivity contribution in [3.8, 4) is 5.69 Å². The second-order valence-corrected chi connectivity index (χ2v) is 6.43. The van der Waals surface area contributed by atoms with Crippen LogP contribution in [-0.4, -0.2) is 20.7 Å². The predicted octanol–water partition coefficient (Wildman–Crippen LogP) is 4.74. The normalized spacial score (nSPS) is 10.9. The lowest BCUT2D eigenvalue weighted by Crippen LogP contribution is -2.08. The van der Waals surface area contributed by atoms with Gasteiger partial charge in [0, 0.05) is 10.9 Å². The maximum absolute atomic E-state index is 12.4. The Morgan fingerprint density at radius 2 is 1.78 bits per heavy atom. The summed E-state index contributed by atoms with van der Waals surface area (Å²) in [5.74, 6) is -0.497. The average Bonchev–Trinajstić information content (AvgIpc) is 3.00. The number of carbonyl (C=O) groups excluding carboxylic acids is 1. The summed E-state index contributed by atoms with van der Waals surface area (Å²) < 4.78 is 7.07. The Bertz CT molecular complexity index is 1120. The zero-order chi connectivity index (χ0) is 18.8. The SMILES string of the molecule is Cc1nn(-c2ccccc2)c(Cl)c1COC(=O)c1ccc2ccccc2n1. The Hall–Kier alpha value is -3.18. The van der Waals surface area contributed by atoms with Crippen LogP contribution in [0.4, 0.5) is 0 Å². The number of hydrogen-bond donors (Lipinski definition) is 0. The number of pyridine rings is 1. The van der Waals surface area contributed by atoms with E-state index < -0.39 is 5.97 Å². The van der Waals surface area contributed by atoms with E-state index in [-0.39, 0.29) is 12.3 Å². The molecule has 0 aliphatic heterocycles. The summed E-state index contributed by atoms with van der Waals surface area (Å²) in [6, 6.07) is 20.7. The molecule has 0 aliphatic rings. The quantitative estimate of drug-likeness (QED) is 0.482. The van der Waals surface area contributed by atoms with Crippen LogP contribution in [-0.2, 0) is 11.3 Å². The van der Waals surface area contributed by atoms with Crippen molar-refractivity contribution < 1.29 is 9.53 Å². The maximum atomic E-state index is 12.4. The van der Waals surface area contributed by atoms with Gasteiger partial charge in [0.1, 0.15) is 17.5 Å². The molecule has 0 atom stereocenters. The lowest BCUT2D eigenvalue weighted by Gasteiger charge is -2.06. The standard InChI is InChI=1S/C21H16ClN3O2/c1-14-17(20(22)25(24-14)16-8-3-2-4-9-16)13-27-21(26)19-12-11-15-7-5-6-10-18(15)23-19/h2-12H,13H2,1H3. The lowest BCUT2D eigenvalue weighted by molar-refractivity contribution is 0.0466. The van der Waals surface area contributed by atoms with Gasteiger partial charge in [0.05, 0.1) is 16.9 Å². The van der Waals surface area contributed by atoms with Gasteiger partial charge in [-0.05, 0) is 31.2 Å². The highest BCUT2D eigenvalue weighted by molar-refractivity contribution is 6.30. The van der Waals surface area contributed by atoms with Gasteiger partial charge in [-0.1, -0.05) is 54.1 Å². The van der Waals surface area contributed by atoms with Crippen molar-refractivity contribution >= 4 is 28.5 Å². The van der Waals surface area contributed by atoms with E-state index in [0.29, 0.717) is 16.4 Å². The van der Waals surface area contributed by atoms with Crippen LogP contribution in [0.25, 0.3) is 16.6 Å². The minimum atomic E-state index is -0.497. The Labute approximate surface area is 161 Å². The second kappa shape index (κ2) is 7.21. The van der Waals surface area contributed by atoms with Crippen LogP contribution in [0.5, 0.6) is 0 Å². The van der Waals surface area contributed by atoms with Crippen molar-refractivity contribution in [1.82, 2.24) is 14.8 Å². The number of benzene rings is 2. The van der Waals surface area contributed by atoms with Crippen molar-refractivity contribution in [3.05, 3.63) is 88.8 Å². The molecule has 2 heterocycles. The molecule has 5 nitrogen and oxygen atoms in total. The van der Waals surface area contributed by atoms with Gasteiger partial charge in [-0.25, -0.2) is 14.5 Å². The van der Waals surface area contributed by atoms with Crippen molar-refractivity contribution in [2.75, 3.05) is 0 Å². The van der Waals surface area contributed by atoms with Gasteiger partial charge < -0.3 is 4.74 Å². The van der Waals surface area contributed by atoms with Crippen LogP contribution in [0.2, 0.25) is 5.15 Å². The fraction of sp³-hybridized carbons (Fsp3) is 0.0952. The van der Waals surface area contributed by atoms with E-state index in [2.05, 4.69) is 10.1 Å². The van der Waals surface area contributed by atoms with Gasteiger partial charge in [-0.15, -0.1) is 0 Å². The smallest absolute Gasteiger partial charge is 0.357 e. The molecule has 0 unspecified atom stereocenters. The minimum Gasteiger partial charge on any atom is -0.456 e. The first kappa shape index (κ1) is 17.2. The first-order chi connectivity index (χ1) is 13.1. The lowest BCUT2D eigenvalue weighted by atomic mass is 10.2. The van der Waals surface area contributed by atoms with Gasteiger partial charge in [-0.2, -0.15) is 5.10 Å². The third-order valence-electron chi connectivity index (χ3n) is 4.28.